The number of nitrogens with two attached hydrogens (primary N) is 1. The highest BCUT2D eigenvalue weighted by atomic mass is 31.2. The summed E-state index contributed by atoms with van der Waals surface area (Å²) in [6.45, 7) is 2.72. The number of fused-ring (bicyclic) bond motifs is 1. The fraction of sp³-hybridized carbons (Fsp3) is 0.583. The Morgan fingerprint density at radius 3 is 2.83 bits per heavy atom. The molecular formula is C12H18N5O6P. The molecule has 24 heavy (non-hydrogen) atoms. The van der Waals surface area contributed by atoms with Crippen molar-refractivity contribution in [3.05, 3.63) is 16.7 Å². The summed E-state index contributed by atoms with van der Waals surface area (Å²) < 4.78 is 23.7. The fourth-order valence-electron chi connectivity index (χ4n) is 2.48. The first kappa shape index (κ1) is 17.1. The van der Waals surface area contributed by atoms with Gasteiger partial charge in [0.25, 0.3) is 5.56 Å². The molecular weight excluding hydrogens is 341 g/mol. The number of nitrogens with one attached hydrogen (secondary N) is 1. The summed E-state index contributed by atoms with van der Waals surface area (Å²) >= 11 is 0. The van der Waals surface area contributed by atoms with Crippen LogP contribution in [0.2, 0.25) is 0 Å². The number of aliphatic hydroxyl groups is 2. The van der Waals surface area contributed by atoms with Crippen molar-refractivity contribution in [3.63, 3.8) is 0 Å². The minimum Gasteiger partial charge on any atom is -0.387 e. The van der Waals surface area contributed by atoms with Gasteiger partial charge in [-0.2, -0.15) is 4.98 Å². The number of hydrogen-bond acceptors (Lipinski definition) is 9. The Labute approximate surface area is 135 Å². The molecule has 0 bridgehead atoms. The van der Waals surface area contributed by atoms with Gasteiger partial charge in [-0.1, -0.05) is 0 Å². The number of aromatic amines is 1. The monoisotopic (exact) mass is 359 g/mol. The Balaban J connectivity index is 1.90. The SMILES string of the molecule is CP(C)(=O)OC[C@@H]1O[C@@H](n2cnc3c(=O)[nH]c(N)nc32)[C@@H](O)[C@H]1O. The maximum atomic E-state index is 11.8. The van der Waals surface area contributed by atoms with E-state index in [2.05, 4.69) is 15.0 Å². The third-order valence-electron chi connectivity index (χ3n) is 3.61. The van der Waals surface area contributed by atoms with Crippen LogP contribution >= 0.6 is 7.37 Å². The maximum Gasteiger partial charge on any atom is 0.280 e. The molecule has 1 fully saturated rings. The standard InChI is InChI=1S/C12H18N5O6P/c1-24(2,21)22-3-5-7(18)8(19)11(23-5)17-4-14-6-9(17)15-12(13)16-10(6)20/h4-5,7-8,11,18-19H,3H2,1-2H3,(H3,13,15,16,20)/t5-,7-,8-,11+/m0/s1. The highest BCUT2D eigenvalue weighted by Gasteiger charge is 2.44. The van der Waals surface area contributed by atoms with Crippen molar-refractivity contribution in [2.75, 3.05) is 25.7 Å². The van der Waals surface area contributed by atoms with Crippen LogP contribution in [0.3, 0.4) is 0 Å². The van der Waals surface area contributed by atoms with E-state index in [1.165, 1.54) is 24.2 Å². The van der Waals surface area contributed by atoms with Crippen molar-refractivity contribution >= 4 is 24.5 Å². The van der Waals surface area contributed by atoms with Crippen LogP contribution in [0.15, 0.2) is 11.1 Å². The third kappa shape index (κ3) is 3.08. The first-order valence-corrected chi connectivity index (χ1v) is 9.63. The summed E-state index contributed by atoms with van der Waals surface area (Å²) in [5.41, 5.74) is 5.14. The van der Waals surface area contributed by atoms with Crippen molar-refractivity contribution in [3.8, 4) is 0 Å². The molecule has 0 saturated carbocycles. The third-order valence-corrected chi connectivity index (χ3v) is 4.38. The van der Waals surface area contributed by atoms with Crippen LogP contribution in [0, 0.1) is 0 Å². The van der Waals surface area contributed by atoms with E-state index in [1.807, 2.05) is 0 Å². The summed E-state index contributed by atoms with van der Waals surface area (Å²) in [7, 11) is -2.76. The van der Waals surface area contributed by atoms with E-state index in [0.717, 1.165) is 0 Å². The molecule has 12 heteroatoms. The van der Waals surface area contributed by atoms with E-state index >= 15 is 0 Å². The quantitative estimate of drug-likeness (QED) is 0.494. The number of nitrogen functional groups attached to an aromatic ring is 1. The molecule has 0 radical (unpaired) electrons. The van der Waals surface area contributed by atoms with Crippen LogP contribution < -0.4 is 11.3 Å². The molecule has 0 unspecified atom stereocenters. The lowest BCUT2D eigenvalue weighted by Gasteiger charge is -2.17. The Hall–Kier alpha value is -1.78. The van der Waals surface area contributed by atoms with Crippen molar-refractivity contribution < 1.29 is 24.0 Å². The molecule has 132 valence electrons. The maximum absolute atomic E-state index is 11.8. The van der Waals surface area contributed by atoms with Gasteiger partial charge in [-0.3, -0.25) is 18.9 Å². The molecule has 0 aliphatic carbocycles. The fourth-order valence-corrected chi connectivity index (χ4v) is 2.98. The molecule has 4 atom stereocenters. The topological polar surface area (TPSA) is 166 Å². The molecule has 3 rings (SSSR count). The minimum atomic E-state index is -2.76. The number of hydrogen-bond donors (Lipinski definition) is 4. The van der Waals surface area contributed by atoms with Gasteiger partial charge in [0.05, 0.1) is 12.9 Å². The van der Waals surface area contributed by atoms with E-state index in [4.69, 9.17) is 15.0 Å². The second kappa shape index (κ2) is 5.94. The van der Waals surface area contributed by atoms with E-state index in [1.54, 1.807) is 0 Å². The average Bonchev–Trinajstić information content (AvgIpc) is 3.00. The summed E-state index contributed by atoms with van der Waals surface area (Å²) in [6.07, 6.45) is -3.25. The van der Waals surface area contributed by atoms with Crippen LogP contribution in [0.25, 0.3) is 11.2 Å². The molecule has 1 aliphatic heterocycles. The lowest BCUT2D eigenvalue weighted by atomic mass is 10.1. The summed E-state index contributed by atoms with van der Waals surface area (Å²) in [4.78, 5) is 22.0. The average molecular weight is 359 g/mol. The zero-order chi connectivity index (χ0) is 17.6. The van der Waals surface area contributed by atoms with Crippen LogP contribution in [0.5, 0.6) is 0 Å². The molecule has 1 aliphatic rings. The normalized spacial score (nSPS) is 27.8. The van der Waals surface area contributed by atoms with E-state index in [9.17, 15) is 19.6 Å². The van der Waals surface area contributed by atoms with Crippen LogP contribution in [0.1, 0.15) is 6.23 Å². The molecule has 1 saturated heterocycles. The molecule has 2 aromatic heterocycles. The minimum absolute atomic E-state index is 0.0285. The first-order valence-electron chi connectivity index (χ1n) is 7.11. The Kier molecular flexibility index (Phi) is 4.22. The van der Waals surface area contributed by atoms with E-state index < -0.39 is 37.5 Å². The highest BCUT2D eigenvalue weighted by Crippen LogP contribution is 2.39. The lowest BCUT2D eigenvalue weighted by Crippen LogP contribution is -2.33. The van der Waals surface area contributed by atoms with Gasteiger partial charge in [-0.25, -0.2) is 4.98 Å². The number of imidazole rings is 1. The van der Waals surface area contributed by atoms with Gasteiger partial charge in [-0.05, 0) is 0 Å². The molecule has 0 amide bonds. The van der Waals surface area contributed by atoms with Crippen molar-refractivity contribution in [1.82, 2.24) is 19.5 Å². The van der Waals surface area contributed by atoms with Crippen LogP contribution in [0.4, 0.5) is 5.95 Å². The number of anilines is 1. The second-order valence-corrected chi connectivity index (χ2v) is 8.63. The van der Waals surface area contributed by atoms with Gasteiger partial charge in [0, 0.05) is 13.3 Å². The predicted octanol–water partition coefficient (Wildman–Crippen LogP) is -1.12. The van der Waals surface area contributed by atoms with Gasteiger partial charge in [0.2, 0.25) is 5.95 Å². The highest BCUT2D eigenvalue weighted by molar-refractivity contribution is 7.57. The summed E-state index contributed by atoms with van der Waals surface area (Å²) in [6, 6.07) is 0. The smallest absolute Gasteiger partial charge is 0.280 e. The first-order chi connectivity index (χ1) is 11.2. The number of H-pyrrole nitrogens is 1. The van der Waals surface area contributed by atoms with Crippen LogP contribution in [-0.2, 0) is 13.8 Å². The van der Waals surface area contributed by atoms with Gasteiger partial charge in [0.1, 0.15) is 18.3 Å². The van der Waals surface area contributed by atoms with Gasteiger partial charge < -0.3 is 25.2 Å². The molecule has 0 aromatic carbocycles. The number of aromatic nitrogens is 4. The van der Waals surface area contributed by atoms with Crippen LogP contribution in [-0.4, -0.2) is 68.0 Å². The largest absolute Gasteiger partial charge is 0.387 e. The van der Waals surface area contributed by atoms with E-state index in [-0.39, 0.29) is 23.7 Å². The summed E-state index contributed by atoms with van der Waals surface area (Å²) in [5, 5.41) is 20.3. The molecule has 2 aromatic rings. The number of nitrogens with zero attached hydrogens (tertiary/aromatic N) is 3. The Bertz CT molecular complexity index is 859. The Morgan fingerprint density at radius 2 is 2.17 bits per heavy atom. The number of rotatable bonds is 4. The lowest BCUT2D eigenvalue weighted by molar-refractivity contribution is -0.0469. The van der Waals surface area contributed by atoms with Gasteiger partial charge in [0.15, 0.2) is 24.8 Å². The number of ether oxygens (including phenoxy) is 1. The van der Waals surface area contributed by atoms with Crippen molar-refractivity contribution in [2.24, 2.45) is 0 Å². The predicted molar refractivity (Wildman–Crippen MR) is 83.9 cm³/mol. The van der Waals surface area contributed by atoms with Gasteiger partial charge >= 0.3 is 0 Å². The van der Waals surface area contributed by atoms with Gasteiger partial charge in [-0.15, -0.1) is 0 Å². The summed E-state index contributed by atoms with van der Waals surface area (Å²) in [5.74, 6) is -0.111. The van der Waals surface area contributed by atoms with Crippen molar-refractivity contribution in [1.29, 1.82) is 0 Å². The molecule has 11 nitrogen and oxygen atoms in total. The second-order valence-electron chi connectivity index (χ2n) is 5.87. The number of aliphatic hydroxyl groups excluding tert-OH is 2. The van der Waals surface area contributed by atoms with Crippen molar-refractivity contribution in [2.45, 2.75) is 24.5 Å². The Morgan fingerprint density at radius 1 is 1.46 bits per heavy atom. The molecule has 0 spiro atoms. The zero-order valence-corrected chi connectivity index (χ0v) is 13.9. The molecule has 3 heterocycles. The molecule has 5 N–H and O–H groups in total. The van der Waals surface area contributed by atoms with E-state index in [0.29, 0.717) is 0 Å². The zero-order valence-electron chi connectivity index (χ0n) is 13.0.